The Bertz CT molecular complexity index is 1590. The zero-order valence-electron chi connectivity index (χ0n) is 49.8. The van der Waals surface area contributed by atoms with E-state index in [1.807, 2.05) is 6.08 Å². The van der Waals surface area contributed by atoms with Gasteiger partial charge in [-0.3, -0.25) is 9.59 Å². The van der Waals surface area contributed by atoms with E-state index in [2.05, 4.69) is 99.0 Å². The Hall–Kier alpha value is -3.16. The largest absolute Gasteiger partial charge is 0.454 e. The number of ether oxygens (including phenoxy) is 3. The Balaban J connectivity index is 2.68. The van der Waals surface area contributed by atoms with Crippen molar-refractivity contribution in [3.05, 3.63) is 85.1 Å². The Morgan fingerprint density at radius 2 is 0.885 bits per heavy atom. The minimum Gasteiger partial charge on any atom is -0.454 e. The molecule has 0 aromatic heterocycles. The smallest absolute Gasteiger partial charge is 0.306 e. The molecule has 0 radical (unpaired) electrons. The van der Waals surface area contributed by atoms with Crippen molar-refractivity contribution < 1.29 is 49.3 Å². The topological polar surface area (TPSA) is 175 Å². The van der Waals surface area contributed by atoms with Gasteiger partial charge in [0, 0.05) is 6.42 Å². The van der Waals surface area contributed by atoms with Gasteiger partial charge in [0.05, 0.1) is 25.4 Å². The average Bonchev–Trinajstić information content (AvgIpc) is 3.45. The van der Waals surface area contributed by atoms with Crippen molar-refractivity contribution in [2.45, 2.75) is 314 Å². The fourth-order valence-electron chi connectivity index (χ4n) is 9.43. The summed E-state index contributed by atoms with van der Waals surface area (Å²) in [7, 11) is 0. The first kappa shape index (κ1) is 72.9. The van der Waals surface area contributed by atoms with Crippen molar-refractivity contribution in [1.82, 2.24) is 5.32 Å². The van der Waals surface area contributed by atoms with Crippen LogP contribution < -0.4 is 5.32 Å². The maximum absolute atomic E-state index is 13.4. The number of aliphatic hydroxyl groups is 5. The summed E-state index contributed by atoms with van der Waals surface area (Å²) in [5.41, 5.74) is 0. The second-order valence-corrected chi connectivity index (χ2v) is 21.8. The molecule has 78 heavy (non-hydrogen) atoms. The molecule has 1 saturated heterocycles. The van der Waals surface area contributed by atoms with E-state index >= 15 is 0 Å². The molecule has 6 N–H and O–H groups in total. The highest BCUT2D eigenvalue weighted by Gasteiger charge is 2.47. The predicted octanol–water partition coefficient (Wildman–Crippen LogP) is 15.3. The summed E-state index contributed by atoms with van der Waals surface area (Å²) >= 11 is 0. The Kier molecular flexibility index (Phi) is 50.8. The van der Waals surface area contributed by atoms with Crippen molar-refractivity contribution in [2.24, 2.45) is 0 Å². The molecule has 1 fully saturated rings. The zero-order valence-corrected chi connectivity index (χ0v) is 49.8. The van der Waals surface area contributed by atoms with Crippen molar-refractivity contribution >= 4 is 11.9 Å². The first-order valence-corrected chi connectivity index (χ1v) is 31.9. The van der Waals surface area contributed by atoms with Crippen molar-refractivity contribution in [1.29, 1.82) is 0 Å². The highest BCUT2D eigenvalue weighted by atomic mass is 16.7. The number of aliphatic hydroxyl groups excluding tert-OH is 5. The lowest BCUT2D eigenvalue weighted by Crippen LogP contribution is -2.61. The van der Waals surface area contributed by atoms with Gasteiger partial charge in [0.1, 0.15) is 24.4 Å². The highest BCUT2D eigenvalue weighted by Crippen LogP contribution is 2.26. The van der Waals surface area contributed by atoms with Crippen LogP contribution in [-0.4, -0.2) is 99.6 Å². The first-order valence-electron chi connectivity index (χ1n) is 31.9. The molecule has 8 unspecified atom stereocenters. The molecule has 0 spiro atoms. The Labute approximate surface area is 476 Å². The number of hydrogen-bond acceptors (Lipinski definition) is 10. The molecule has 1 amide bonds. The van der Waals surface area contributed by atoms with E-state index in [1.54, 1.807) is 6.08 Å². The maximum atomic E-state index is 13.4. The number of esters is 1. The Morgan fingerprint density at radius 3 is 1.35 bits per heavy atom. The molecule has 1 heterocycles. The molecule has 0 aromatic carbocycles. The van der Waals surface area contributed by atoms with Crippen LogP contribution in [0.5, 0.6) is 0 Å². The standard InChI is InChI=1S/C67H117NO10/c1-4-7-10-13-16-19-22-25-27-29-30-31-32-33-35-37-40-43-46-49-52-55-62(72)78-65-64(74)63(73)61(56-69)77-67(65)76-57-58(59(70)53-50-47-44-41-38-24-21-18-15-12-9-6-3)68-66(75)60(71)54-51-48-45-42-39-36-34-28-26-23-20-17-14-11-8-5-2/h16-17,19-20,25-28,30-31,33,35,50,53,58-61,63-65,67,69-71,73-74H,4-15,18,21-24,29,32,34,36-49,51-52,54-57H2,1-3H3,(H,68,75)/b19-16-,20-17-,27-25-,28-26-,31-30-,35-33-,53-50+. The highest BCUT2D eigenvalue weighted by molar-refractivity contribution is 5.80. The fourth-order valence-corrected chi connectivity index (χ4v) is 9.43. The third kappa shape index (κ3) is 41.8. The van der Waals surface area contributed by atoms with Crippen LogP contribution >= 0.6 is 0 Å². The molecule has 1 aliphatic rings. The second kappa shape index (κ2) is 54.4. The van der Waals surface area contributed by atoms with Gasteiger partial charge in [0.2, 0.25) is 5.91 Å². The summed E-state index contributed by atoms with van der Waals surface area (Å²) in [6.45, 7) is 5.72. The normalized spacial score (nSPS) is 19.5. The summed E-state index contributed by atoms with van der Waals surface area (Å²) in [6, 6.07) is -1.04. The fraction of sp³-hybridized carbons (Fsp3) is 0.761. The number of carbonyl (C=O) groups excluding carboxylic acids is 2. The van der Waals surface area contributed by atoms with Gasteiger partial charge in [-0.2, -0.15) is 0 Å². The number of carbonyl (C=O) groups is 2. The van der Waals surface area contributed by atoms with Crippen molar-refractivity contribution in [3.63, 3.8) is 0 Å². The van der Waals surface area contributed by atoms with Crippen LogP contribution in [-0.2, 0) is 23.8 Å². The van der Waals surface area contributed by atoms with Gasteiger partial charge >= 0.3 is 5.97 Å². The van der Waals surface area contributed by atoms with Crippen LogP contribution in [0.15, 0.2) is 85.1 Å². The molecule has 1 aliphatic heterocycles. The molecule has 11 nitrogen and oxygen atoms in total. The van der Waals surface area contributed by atoms with Crippen molar-refractivity contribution in [2.75, 3.05) is 13.2 Å². The molecular formula is C67H117NO10. The van der Waals surface area contributed by atoms with Crippen LogP contribution in [0.4, 0.5) is 0 Å². The predicted molar refractivity (Wildman–Crippen MR) is 324 cm³/mol. The van der Waals surface area contributed by atoms with Crippen LogP contribution in [0, 0.1) is 0 Å². The lowest BCUT2D eigenvalue weighted by Gasteiger charge is -2.41. The van der Waals surface area contributed by atoms with Crippen molar-refractivity contribution in [3.8, 4) is 0 Å². The zero-order chi connectivity index (χ0) is 56.8. The third-order valence-electron chi connectivity index (χ3n) is 14.5. The first-order chi connectivity index (χ1) is 38.2. The maximum Gasteiger partial charge on any atom is 0.306 e. The molecule has 0 bridgehead atoms. The van der Waals surface area contributed by atoms with E-state index in [0.717, 1.165) is 116 Å². The van der Waals surface area contributed by atoms with Crippen LogP contribution in [0.3, 0.4) is 0 Å². The quantitative estimate of drug-likeness (QED) is 0.0195. The van der Waals surface area contributed by atoms with Gasteiger partial charge < -0.3 is 45.1 Å². The molecule has 450 valence electrons. The average molecular weight is 1100 g/mol. The third-order valence-corrected chi connectivity index (χ3v) is 14.5. The summed E-state index contributed by atoms with van der Waals surface area (Å²) in [6.07, 6.45) is 60.4. The molecule has 8 atom stereocenters. The van der Waals surface area contributed by atoms with Gasteiger partial charge in [0.25, 0.3) is 0 Å². The Morgan fingerprint density at radius 1 is 0.500 bits per heavy atom. The minimum atomic E-state index is -1.63. The summed E-state index contributed by atoms with van der Waals surface area (Å²) in [5.74, 6) is -1.22. The van der Waals surface area contributed by atoms with Gasteiger partial charge in [-0.25, -0.2) is 0 Å². The number of hydrogen-bond donors (Lipinski definition) is 6. The monoisotopic (exact) mass is 1100 g/mol. The molecule has 11 heteroatoms. The van der Waals surface area contributed by atoms with Crippen LogP contribution in [0.2, 0.25) is 0 Å². The molecule has 0 aromatic rings. The van der Waals surface area contributed by atoms with E-state index in [0.29, 0.717) is 12.8 Å². The molecule has 1 rings (SSSR count). The number of amides is 1. The lowest BCUT2D eigenvalue weighted by molar-refractivity contribution is -0.305. The number of allylic oxidation sites excluding steroid dienone is 13. The SMILES string of the molecule is CCCCC/C=C\C/C=C\C/C=C\C/C=C\CCCCCCCC(=O)OC1C(OCC(NC(=O)C(O)CCCCCCCC/C=C\C/C=C\CCCCC)C(O)/C=C/CCCCCCCCCCCC)OC(CO)C(O)C1O. The summed E-state index contributed by atoms with van der Waals surface area (Å²) < 4.78 is 17.6. The molecule has 0 saturated carbocycles. The van der Waals surface area contributed by atoms with E-state index < -0.39 is 67.4 Å². The van der Waals surface area contributed by atoms with Crippen LogP contribution in [0.25, 0.3) is 0 Å². The molecule has 0 aliphatic carbocycles. The second-order valence-electron chi connectivity index (χ2n) is 21.8. The summed E-state index contributed by atoms with van der Waals surface area (Å²) in [4.78, 5) is 26.6. The number of unbranched alkanes of at least 4 members (excludes halogenated alkanes) is 27. The van der Waals surface area contributed by atoms with Gasteiger partial charge in [-0.1, -0.05) is 241 Å². The summed E-state index contributed by atoms with van der Waals surface area (Å²) in [5, 5.41) is 57.0. The van der Waals surface area contributed by atoms with Gasteiger partial charge in [0.15, 0.2) is 12.4 Å². The van der Waals surface area contributed by atoms with E-state index in [1.165, 1.54) is 103 Å². The van der Waals surface area contributed by atoms with E-state index in [4.69, 9.17) is 14.2 Å². The van der Waals surface area contributed by atoms with Crippen LogP contribution in [0.1, 0.15) is 265 Å². The van der Waals surface area contributed by atoms with Gasteiger partial charge in [-0.05, 0) is 103 Å². The van der Waals surface area contributed by atoms with E-state index in [9.17, 15) is 35.1 Å². The van der Waals surface area contributed by atoms with E-state index in [-0.39, 0.29) is 19.4 Å². The number of nitrogens with one attached hydrogen (secondary N) is 1. The lowest BCUT2D eigenvalue weighted by atomic mass is 9.99. The minimum absolute atomic E-state index is 0.0981. The number of rotatable bonds is 53. The van der Waals surface area contributed by atoms with Gasteiger partial charge in [-0.15, -0.1) is 0 Å². The molecular weight excluding hydrogens is 979 g/mol.